The van der Waals surface area contributed by atoms with Crippen molar-refractivity contribution >= 4 is 17.6 Å². The second kappa shape index (κ2) is 2.17. The molecule has 2 aliphatic heterocycles. The van der Waals surface area contributed by atoms with Crippen molar-refractivity contribution in [3.63, 3.8) is 0 Å². The minimum Gasteiger partial charge on any atom is -0.367 e. The fraction of sp³-hybridized carbons (Fsp3) is 0.167. The number of rotatable bonds is 0. The quantitative estimate of drug-likeness (QED) is 0.456. The summed E-state index contributed by atoms with van der Waals surface area (Å²) in [6.07, 6.45) is 3.41. The maximum atomic E-state index is 10.8. The molecule has 0 aromatic heterocycles. The van der Waals surface area contributed by atoms with Gasteiger partial charge in [0.1, 0.15) is 11.3 Å². The molecule has 0 aromatic carbocycles. The fourth-order valence-electron chi connectivity index (χ4n) is 1.08. The Morgan fingerprint density at radius 1 is 1.55 bits per heavy atom. The van der Waals surface area contributed by atoms with E-state index >= 15 is 0 Å². The monoisotopic (exact) mass is 171 g/mol. The molecular formula is C6H6ClN3O. The Labute approximate surface area is 68.3 Å². The normalized spacial score (nSPS) is 27.4. The fourth-order valence-corrected chi connectivity index (χ4v) is 1.34. The SMILES string of the molecule is O=C1NC(Cl)=C2C=CNC2N1. The van der Waals surface area contributed by atoms with Gasteiger partial charge in [-0.2, -0.15) is 0 Å². The first kappa shape index (κ1) is 6.54. The molecule has 4 nitrogen and oxygen atoms in total. The summed E-state index contributed by atoms with van der Waals surface area (Å²) in [5.41, 5.74) is 0.867. The van der Waals surface area contributed by atoms with E-state index in [1.54, 1.807) is 6.20 Å². The topological polar surface area (TPSA) is 53.2 Å². The van der Waals surface area contributed by atoms with Crippen LogP contribution in [0.5, 0.6) is 0 Å². The molecule has 0 radical (unpaired) electrons. The Bertz CT molecular complexity index is 271. The number of carbonyl (C=O) groups is 1. The molecule has 0 fully saturated rings. The lowest BCUT2D eigenvalue weighted by atomic mass is 10.2. The maximum absolute atomic E-state index is 10.8. The molecule has 5 heteroatoms. The van der Waals surface area contributed by atoms with E-state index in [4.69, 9.17) is 11.6 Å². The van der Waals surface area contributed by atoms with Crippen molar-refractivity contribution in [2.75, 3.05) is 0 Å². The summed E-state index contributed by atoms with van der Waals surface area (Å²) in [4.78, 5) is 10.8. The number of amides is 2. The van der Waals surface area contributed by atoms with E-state index in [0.717, 1.165) is 5.57 Å². The number of urea groups is 1. The summed E-state index contributed by atoms with van der Waals surface area (Å²) in [6.45, 7) is 0. The summed E-state index contributed by atoms with van der Waals surface area (Å²) in [5, 5.41) is 8.41. The zero-order valence-corrected chi connectivity index (χ0v) is 6.27. The van der Waals surface area contributed by atoms with Crippen LogP contribution in [0, 0.1) is 0 Å². The second-order valence-electron chi connectivity index (χ2n) is 2.30. The van der Waals surface area contributed by atoms with E-state index in [2.05, 4.69) is 16.0 Å². The zero-order chi connectivity index (χ0) is 7.84. The van der Waals surface area contributed by atoms with E-state index in [0.29, 0.717) is 5.16 Å². The van der Waals surface area contributed by atoms with Crippen LogP contribution < -0.4 is 16.0 Å². The number of carbonyl (C=O) groups excluding carboxylic acids is 1. The highest BCUT2D eigenvalue weighted by Crippen LogP contribution is 2.18. The zero-order valence-electron chi connectivity index (χ0n) is 5.52. The highest BCUT2D eigenvalue weighted by atomic mass is 35.5. The molecule has 0 spiro atoms. The third-order valence-electron chi connectivity index (χ3n) is 1.59. The van der Waals surface area contributed by atoms with Crippen LogP contribution in [0.4, 0.5) is 4.79 Å². The lowest BCUT2D eigenvalue weighted by molar-refractivity contribution is 0.239. The number of hydrogen-bond donors (Lipinski definition) is 3. The van der Waals surface area contributed by atoms with Crippen molar-refractivity contribution in [3.05, 3.63) is 23.0 Å². The number of fused-ring (bicyclic) bond motifs is 1. The molecule has 2 rings (SSSR count). The van der Waals surface area contributed by atoms with Gasteiger partial charge < -0.3 is 10.6 Å². The van der Waals surface area contributed by atoms with E-state index in [-0.39, 0.29) is 12.2 Å². The van der Waals surface area contributed by atoms with Gasteiger partial charge in [-0.3, -0.25) is 5.32 Å². The lowest BCUT2D eigenvalue weighted by Gasteiger charge is -2.22. The van der Waals surface area contributed by atoms with Gasteiger partial charge in [0.15, 0.2) is 0 Å². The third kappa shape index (κ3) is 0.952. The predicted octanol–water partition coefficient (Wildman–Crippen LogP) is 0.193. The summed E-state index contributed by atoms with van der Waals surface area (Å²) in [5.74, 6) is 0. The Hall–Kier alpha value is -1.16. The Kier molecular flexibility index (Phi) is 1.29. The molecule has 2 amide bonds. The van der Waals surface area contributed by atoms with Gasteiger partial charge in [-0.1, -0.05) is 11.6 Å². The minimum absolute atomic E-state index is 0.156. The second-order valence-corrected chi connectivity index (χ2v) is 2.68. The molecule has 2 heterocycles. The average molecular weight is 172 g/mol. The first-order chi connectivity index (χ1) is 5.27. The molecule has 11 heavy (non-hydrogen) atoms. The van der Waals surface area contributed by atoms with Crippen molar-refractivity contribution in [2.45, 2.75) is 6.17 Å². The molecule has 1 unspecified atom stereocenters. The molecule has 0 saturated heterocycles. The Morgan fingerprint density at radius 3 is 3.18 bits per heavy atom. The van der Waals surface area contributed by atoms with Crippen LogP contribution in [0.15, 0.2) is 23.0 Å². The van der Waals surface area contributed by atoms with Crippen LogP contribution in [0.3, 0.4) is 0 Å². The summed E-state index contributed by atoms with van der Waals surface area (Å²) < 4.78 is 0. The van der Waals surface area contributed by atoms with Crippen molar-refractivity contribution in [3.8, 4) is 0 Å². The van der Waals surface area contributed by atoms with E-state index in [9.17, 15) is 4.79 Å². The van der Waals surface area contributed by atoms with Crippen molar-refractivity contribution in [1.29, 1.82) is 0 Å². The number of halogens is 1. The highest BCUT2D eigenvalue weighted by molar-refractivity contribution is 6.31. The van der Waals surface area contributed by atoms with Gasteiger partial charge >= 0.3 is 6.03 Å². The lowest BCUT2D eigenvalue weighted by Crippen LogP contribution is -2.50. The molecule has 1 atom stereocenters. The van der Waals surface area contributed by atoms with Crippen LogP contribution in [-0.2, 0) is 0 Å². The smallest absolute Gasteiger partial charge is 0.321 e. The molecule has 0 aromatic rings. The number of hydrogen-bond acceptors (Lipinski definition) is 2. The van der Waals surface area contributed by atoms with Gasteiger partial charge in [0.05, 0.1) is 0 Å². The molecule has 0 aliphatic carbocycles. The van der Waals surface area contributed by atoms with E-state index in [1.807, 2.05) is 6.08 Å². The molecule has 2 aliphatic rings. The van der Waals surface area contributed by atoms with Crippen LogP contribution in [0.1, 0.15) is 0 Å². The summed E-state index contributed by atoms with van der Waals surface area (Å²) in [6, 6.07) is -0.278. The Morgan fingerprint density at radius 2 is 2.36 bits per heavy atom. The minimum atomic E-state index is -0.278. The van der Waals surface area contributed by atoms with Gasteiger partial charge in [0, 0.05) is 5.57 Å². The molecule has 0 saturated carbocycles. The third-order valence-corrected chi connectivity index (χ3v) is 1.90. The van der Waals surface area contributed by atoms with Gasteiger partial charge in [-0.05, 0) is 12.3 Å². The van der Waals surface area contributed by atoms with Gasteiger partial charge in [0.25, 0.3) is 0 Å². The molecule has 3 N–H and O–H groups in total. The molecule has 58 valence electrons. The van der Waals surface area contributed by atoms with E-state index < -0.39 is 0 Å². The molecular weight excluding hydrogens is 166 g/mol. The van der Waals surface area contributed by atoms with Gasteiger partial charge in [-0.15, -0.1) is 0 Å². The summed E-state index contributed by atoms with van der Waals surface area (Å²) in [7, 11) is 0. The Balaban J connectivity index is 2.35. The van der Waals surface area contributed by atoms with Crippen molar-refractivity contribution in [1.82, 2.24) is 16.0 Å². The van der Waals surface area contributed by atoms with Gasteiger partial charge in [-0.25, -0.2) is 4.79 Å². The highest BCUT2D eigenvalue weighted by Gasteiger charge is 2.25. The summed E-state index contributed by atoms with van der Waals surface area (Å²) >= 11 is 5.73. The van der Waals surface area contributed by atoms with Crippen LogP contribution in [0.25, 0.3) is 0 Å². The van der Waals surface area contributed by atoms with Crippen LogP contribution in [0.2, 0.25) is 0 Å². The standard InChI is InChI=1S/C6H6ClN3O/c7-4-3-1-2-8-5(3)10-6(11)9-4/h1-2,5,8H,(H2,9,10,11). The largest absolute Gasteiger partial charge is 0.367 e. The molecule has 0 bridgehead atoms. The van der Waals surface area contributed by atoms with Crippen LogP contribution in [-0.4, -0.2) is 12.2 Å². The van der Waals surface area contributed by atoms with Crippen molar-refractivity contribution in [2.24, 2.45) is 0 Å². The van der Waals surface area contributed by atoms with Crippen LogP contribution >= 0.6 is 11.6 Å². The predicted molar refractivity (Wildman–Crippen MR) is 40.6 cm³/mol. The van der Waals surface area contributed by atoms with Crippen molar-refractivity contribution < 1.29 is 4.79 Å². The van der Waals surface area contributed by atoms with Gasteiger partial charge in [0.2, 0.25) is 0 Å². The maximum Gasteiger partial charge on any atom is 0.321 e. The van der Waals surface area contributed by atoms with E-state index in [1.165, 1.54) is 0 Å². The first-order valence-electron chi connectivity index (χ1n) is 3.17. The average Bonchev–Trinajstić information content (AvgIpc) is 2.34. The first-order valence-corrected chi connectivity index (χ1v) is 3.55. The number of nitrogens with one attached hydrogen (secondary N) is 3.